The van der Waals surface area contributed by atoms with Crippen LogP contribution in [-0.4, -0.2) is 42.5 Å². The lowest BCUT2D eigenvalue weighted by Gasteiger charge is -2.28. The number of rotatable bonds is 7. The van der Waals surface area contributed by atoms with Crippen molar-refractivity contribution in [2.45, 2.75) is 49.6 Å². The Morgan fingerprint density at radius 2 is 2.09 bits per heavy atom. The topological polar surface area (TPSA) is 119 Å². The number of nitrogens with zero attached hydrogens (tertiary/aromatic N) is 2. The average molecular weight is 343 g/mol. The third-order valence-corrected chi connectivity index (χ3v) is 5.69. The summed E-state index contributed by atoms with van der Waals surface area (Å²) in [5, 5.41) is 2.93. The van der Waals surface area contributed by atoms with E-state index in [4.69, 9.17) is 5.73 Å². The molecule has 0 unspecified atom stereocenters. The molecule has 1 heterocycles. The lowest BCUT2D eigenvalue weighted by atomic mass is 9.97. The monoisotopic (exact) mass is 343 g/mol. The summed E-state index contributed by atoms with van der Waals surface area (Å²) in [6.07, 6.45) is 5.40. The lowest BCUT2D eigenvalue weighted by molar-refractivity contribution is -0.122. The van der Waals surface area contributed by atoms with Crippen molar-refractivity contribution in [3.63, 3.8) is 0 Å². The summed E-state index contributed by atoms with van der Waals surface area (Å²) in [6, 6.07) is 0. The van der Waals surface area contributed by atoms with Crippen molar-refractivity contribution in [1.82, 2.24) is 19.6 Å². The molecular weight excluding hydrogens is 318 g/mol. The molecule has 1 saturated carbocycles. The molecule has 8 nitrogen and oxygen atoms in total. The van der Waals surface area contributed by atoms with E-state index in [9.17, 15) is 13.2 Å². The molecule has 0 radical (unpaired) electrons. The molecule has 1 amide bonds. The van der Waals surface area contributed by atoms with E-state index in [1.165, 1.54) is 6.20 Å². The maximum Gasteiger partial charge on any atom is 0.259 e. The number of aromatic nitrogens is 2. The number of imidazole rings is 1. The van der Waals surface area contributed by atoms with Crippen molar-refractivity contribution in [2.24, 2.45) is 12.8 Å². The minimum Gasteiger partial charge on any atom is -0.349 e. The first-order valence-electron chi connectivity index (χ1n) is 7.79. The van der Waals surface area contributed by atoms with E-state index in [0.29, 0.717) is 12.4 Å². The highest BCUT2D eigenvalue weighted by Crippen LogP contribution is 2.28. The van der Waals surface area contributed by atoms with Crippen LogP contribution in [0.4, 0.5) is 0 Å². The maximum absolute atomic E-state index is 12.1. The van der Waals surface area contributed by atoms with Gasteiger partial charge < -0.3 is 15.6 Å². The molecule has 1 aromatic rings. The molecule has 2 rings (SSSR count). The second kappa shape index (κ2) is 6.98. The Balaban J connectivity index is 1.85. The predicted molar refractivity (Wildman–Crippen MR) is 86.1 cm³/mol. The normalized spacial score (nSPS) is 17.3. The van der Waals surface area contributed by atoms with Crippen LogP contribution in [0.25, 0.3) is 0 Å². The summed E-state index contributed by atoms with van der Waals surface area (Å²) in [5.74, 6) is 0.423. The molecule has 1 fully saturated rings. The standard InChI is InChI=1S/C14H25N5O3S/c1-11-17-13(9-19(11)2)23(21,22)16-8-5-12(20)18-14(10-15)6-3-4-7-14/h9,16H,3-8,10,15H2,1-2H3,(H,18,20). The minimum atomic E-state index is -3.69. The van der Waals surface area contributed by atoms with Crippen LogP contribution in [0.15, 0.2) is 11.2 Å². The summed E-state index contributed by atoms with van der Waals surface area (Å²) in [5.41, 5.74) is 5.46. The first kappa shape index (κ1) is 17.9. The van der Waals surface area contributed by atoms with Crippen molar-refractivity contribution < 1.29 is 13.2 Å². The van der Waals surface area contributed by atoms with Crippen molar-refractivity contribution in [3.8, 4) is 0 Å². The van der Waals surface area contributed by atoms with Crippen LogP contribution in [0.2, 0.25) is 0 Å². The fraction of sp³-hybridized carbons (Fsp3) is 0.714. The Labute approximate surface area is 136 Å². The van der Waals surface area contributed by atoms with Gasteiger partial charge in [-0.1, -0.05) is 12.8 Å². The summed E-state index contributed by atoms with van der Waals surface area (Å²) >= 11 is 0. The third kappa shape index (κ3) is 4.30. The molecule has 0 atom stereocenters. The van der Waals surface area contributed by atoms with E-state index in [-0.39, 0.29) is 29.4 Å². The van der Waals surface area contributed by atoms with Gasteiger partial charge in [0.05, 0.1) is 5.54 Å². The van der Waals surface area contributed by atoms with Crippen LogP contribution in [0.5, 0.6) is 0 Å². The van der Waals surface area contributed by atoms with Crippen molar-refractivity contribution in [3.05, 3.63) is 12.0 Å². The van der Waals surface area contributed by atoms with Gasteiger partial charge in [-0.2, -0.15) is 0 Å². The Morgan fingerprint density at radius 3 is 2.61 bits per heavy atom. The second-order valence-corrected chi connectivity index (χ2v) is 7.84. The van der Waals surface area contributed by atoms with Gasteiger partial charge in [0.15, 0.2) is 5.03 Å². The number of sulfonamides is 1. The lowest BCUT2D eigenvalue weighted by Crippen LogP contribution is -2.52. The van der Waals surface area contributed by atoms with E-state index >= 15 is 0 Å². The van der Waals surface area contributed by atoms with Gasteiger partial charge in [0, 0.05) is 32.8 Å². The van der Waals surface area contributed by atoms with Gasteiger partial charge in [0.25, 0.3) is 10.0 Å². The summed E-state index contributed by atoms with van der Waals surface area (Å²) < 4.78 is 28.2. The molecule has 0 aromatic carbocycles. The second-order valence-electron chi connectivity index (χ2n) is 6.12. The Hall–Kier alpha value is -1.45. The fourth-order valence-corrected chi connectivity index (χ4v) is 3.89. The van der Waals surface area contributed by atoms with Crippen LogP contribution in [0.1, 0.15) is 37.9 Å². The smallest absolute Gasteiger partial charge is 0.259 e. The number of aryl methyl sites for hydroxylation is 2. The van der Waals surface area contributed by atoms with Crippen LogP contribution in [0, 0.1) is 6.92 Å². The molecule has 130 valence electrons. The van der Waals surface area contributed by atoms with Gasteiger partial charge in [-0.3, -0.25) is 4.79 Å². The van der Waals surface area contributed by atoms with E-state index in [1.54, 1.807) is 18.5 Å². The number of carbonyl (C=O) groups excluding carboxylic acids is 1. The van der Waals surface area contributed by atoms with Crippen molar-refractivity contribution in [1.29, 1.82) is 0 Å². The fourth-order valence-electron chi connectivity index (χ4n) is 2.82. The van der Waals surface area contributed by atoms with E-state index in [1.807, 2.05) is 0 Å². The third-order valence-electron chi connectivity index (χ3n) is 4.36. The zero-order valence-electron chi connectivity index (χ0n) is 13.6. The minimum absolute atomic E-state index is 0.0322. The zero-order chi connectivity index (χ0) is 17.1. The number of carbonyl (C=O) groups is 1. The van der Waals surface area contributed by atoms with Gasteiger partial charge in [-0.25, -0.2) is 18.1 Å². The number of nitrogens with one attached hydrogen (secondary N) is 2. The molecular formula is C14H25N5O3S. The van der Waals surface area contributed by atoms with Crippen LogP contribution >= 0.6 is 0 Å². The van der Waals surface area contributed by atoms with Gasteiger partial charge in [0.1, 0.15) is 5.82 Å². The highest BCUT2D eigenvalue weighted by molar-refractivity contribution is 7.89. The molecule has 1 aliphatic carbocycles. The van der Waals surface area contributed by atoms with Crippen LogP contribution in [0.3, 0.4) is 0 Å². The van der Waals surface area contributed by atoms with Crippen molar-refractivity contribution in [2.75, 3.05) is 13.1 Å². The Kier molecular flexibility index (Phi) is 5.43. The number of hydrogen-bond acceptors (Lipinski definition) is 5. The molecule has 4 N–H and O–H groups in total. The maximum atomic E-state index is 12.1. The molecule has 0 bridgehead atoms. The Bertz CT molecular complexity index is 642. The number of nitrogens with two attached hydrogens (primary N) is 1. The van der Waals surface area contributed by atoms with E-state index in [0.717, 1.165) is 25.7 Å². The first-order chi connectivity index (χ1) is 10.8. The van der Waals surface area contributed by atoms with Gasteiger partial charge in [-0.05, 0) is 19.8 Å². The predicted octanol–water partition coefficient (Wildman–Crippen LogP) is -0.215. The Morgan fingerprint density at radius 1 is 1.43 bits per heavy atom. The molecule has 0 saturated heterocycles. The molecule has 0 aliphatic heterocycles. The van der Waals surface area contributed by atoms with Crippen LogP contribution in [-0.2, 0) is 21.9 Å². The summed E-state index contributed by atoms with van der Waals surface area (Å²) in [6.45, 7) is 2.17. The molecule has 0 spiro atoms. The van der Waals surface area contributed by atoms with Crippen molar-refractivity contribution >= 4 is 15.9 Å². The molecule has 1 aromatic heterocycles. The first-order valence-corrected chi connectivity index (χ1v) is 9.27. The molecule has 9 heteroatoms. The van der Waals surface area contributed by atoms with Gasteiger partial charge in [-0.15, -0.1) is 0 Å². The zero-order valence-corrected chi connectivity index (χ0v) is 14.4. The SMILES string of the molecule is Cc1nc(S(=O)(=O)NCCC(=O)NC2(CN)CCCC2)cn1C. The number of amides is 1. The molecule has 1 aliphatic rings. The summed E-state index contributed by atoms with van der Waals surface area (Å²) in [4.78, 5) is 16.0. The van der Waals surface area contributed by atoms with E-state index in [2.05, 4.69) is 15.0 Å². The summed E-state index contributed by atoms with van der Waals surface area (Å²) in [7, 11) is -1.97. The van der Waals surface area contributed by atoms with Gasteiger partial charge in [0.2, 0.25) is 5.91 Å². The molecule has 23 heavy (non-hydrogen) atoms. The van der Waals surface area contributed by atoms with Gasteiger partial charge >= 0.3 is 0 Å². The van der Waals surface area contributed by atoms with E-state index < -0.39 is 10.0 Å². The largest absolute Gasteiger partial charge is 0.349 e. The number of hydrogen-bond donors (Lipinski definition) is 3. The average Bonchev–Trinajstić information content (AvgIpc) is 3.07. The quantitative estimate of drug-likeness (QED) is 0.632. The van der Waals surface area contributed by atoms with Crippen LogP contribution < -0.4 is 15.8 Å². The highest BCUT2D eigenvalue weighted by atomic mass is 32.2. The highest BCUT2D eigenvalue weighted by Gasteiger charge is 2.33.